The number of nitrogen functional groups attached to an aromatic ring is 1. The van der Waals surface area contributed by atoms with Crippen molar-refractivity contribution in [2.24, 2.45) is 0 Å². The fourth-order valence-corrected chi connectivity index (χ4v) is 2.09. The molecular weight excluding hydrogens is 267 g/mol. The standard InChI is InChI=1S/C10H12Cl2N2OS/c1-5(2)14-16-10(15)7-3-6(11)4-8(12)9(7)13/h3-5,14H,13H2,1-2H3. The minimum Gasteiger partial charge on any atom is -0.397 e. The van der Waals surface area contributed by atoms with E-state index in [2.05, 4.69) is 4.72 Å². The Balaban J connectivity index is 2.91. The number of hydrogen-bond acceptors (Lipinski definition) is 4. The molecule has 0 aliphatic rings. The van der Waals surface area contributed by atoms with Gasteiger partial charge in [0.15, 0.2) is 0 Å². The van der Waals surface area contributed by atoms with Gasteiger partial charge in [0.1, 0.15) is 0 Å². The van der Waals surface area contributed by atoms with Crippen LogP contribution in [0.5, 0.6) is 0 Å². The molecule has 0 saturated heterocycles. The smallest absolute Gasteiger partial charge is 0.236 e. The van der Waals surface area contributed by atoms with Crippen molar-refractivity contribution in [2.45, 2.75) is 19.9 Å². The lowest BCUT2D eigenvalue weighted by Gasteiger charge is -2.09. The summed E-state index contributed by atoms with van der Waals surface area (Å²) in [7, 11) is 0. The number of halogens is 2. The molecule has 0 fully saturated rings. The maximum absolute atomic E-state index is 11.8. The fraction of sp³-hybridized carbons (Fsp3) is 0.300. The van der Waals surface area contributed by atoms with Crippen molar-refractivity contribution in [1.29, 1.82) is 0 Å². The lowest BCUT2D eigenvalue weighted by atomic mass is 10.2. The molecule has 0 aliphatic carbocycles. The molecule has 16 heavy (non-hydrogen) atoms. The minimum absolute atomic E-state index is 0.199. The number of nitrogens with one attached hydrogen (secondary N) is 1. The average Bonchev–Trinajstić information content (AvgIpc) is 2.19. The van der Waals surface area contributed by atoms with Gasteiger partial charge in [-0.2, -0.15) is 0 Å². The number of carbonyl (C=O) groups is 1. The Morgan fingerprint density at radius 1 is 1.44 bits per heavy atom. The summed E-state index contributed by atoms with van der Waals surface area (Å²) in [4.78, 5) is 11.8. The third-order valence-corrected chi connectivity index (χ3v) is 3.23. The van der Waals surface area contributed by atoms with Crippen molar-refractivity contribution in [3.63, 3.8) is 0 Å². The maximum atomic E-state index is 11.8. The van der Waals surface area contributed by atoms with Crippen LogP contribution in [-0.4, -0.2) is 11.2 Å². The van der Waals surface area contributed by atoms with Gasteiger partial charge < -0.3 is 5.73 Å². The Morgan fingerprint density at radius 3 is 2.62 bits per heavy atom. The molecule has 3 N–H and O–H groups in total. The number of carbonyl (C=O) groups excluding carboxylic acids is 1. The lowest BCUT2D eigenvalue weighted by Crippen LogP contribution is -2.17. The van der Waals surface area contributed by atoms with E-state index < -0.39 is 0 Å². The van der Waals surface area contributed by atoms with Crippen LogP contribution in [0.15, 0.2) is 12.1 Å². The van der Waals surface area contributed by atoms with Gasteiger partial charge >= 0.3 is 0 Å². The van der Waals surface area contributed by atoms with Gasteiger partial charge in [-0.15, -0.1) is 0 Å². The number of benzene rings is 1. The maximum Gasteiger partial charge on any atom is 0.236 e. The van der Waals surface area contributed by atoms with Crippen LogP contribution < -0.4 is 10.5 Å². The van der Waals surface area contributed by atoms with Crippen LogP contribution in [0, 0.1) is 0 Å². The Bertz CT molecular complexity index is 410. The number of anilines is 1. The molecule has 0 heterocycles. The van der Waals surface area contributed by atoms with E-state index in [1.807, 2.05) is 13.8 Å². The highest BCUT2D eigenvalue weighted by Crippen LogP contribution is 2.29. The molecule has 0 radical (unpaired) electrons. The fourth-order valence-electron chi connectivity index (χ4n) is 0.980. The quantitative estimate of drug-likeness (QED) is 0.658. The molecule has 3 nitrogen and oxygen atoms in total. The summed E-state index contributed by atoms with van der Waals surface area (Å²) >= 11 is 12.6. The molecule has 1 aromatic rings. The predicted molar refractivity (Wildman–Crippen MR) is 71.1 cm³/mol. The highest BCUT2D eigenvalue weighted by atomic mass is 35.5. The van der Waals surface area contributed by atoms with Crippen molar-refractivity contribution in [3.8, 4) is 0 Å². The van der Waals surface area contributed by atoms with E-state index in [0.29, 0.717) is 15.6 Å². The first-order chi connectivity index (χ1) is 7.41. The summed E-state index contributed by atoms with van der Waals surface area (Å²) in [6, 6.07) is 3.22. The van der Waals surface area contributed by atoms with Crippen LogP contribution in [0.3, 0.4) is 0 Å². The first-order valence-electron chi connectivity index (χ1n) is 4.63. The van der Waals surface area contributed by atoms with Gasteiger partial charge in [-0.25, -0.2) is 0 Å². The van der Waals surface area contributed by atoms with E-state index in [9.17, 15) is 4.79 Å². The summed E-state index contributed by atoms with van der Waals surface area (Å²) < 4.78 is 2.94. The third-order valence-electron chi connectivity index (χ3n) is 1.70. The third kappa shape index (κ3) is 3.56. The van der Waals surface area contributed by atoms with Gasteiger partial charge in [0, 0.05) is 11.1 Å². The molecule has 0 unspecified atom stereocenters. The summed E-state index contributed by atoms with van der Waals surface area (Å²) in [5, 5.41) is 0.490. The number of rotatable bonds is 3. The molecule has 88 valence electrons. The molecule has 0 spiro atoms. The van der Waals surface area contributed by atoms with Gasteiger partial charge in [0.05, 0.1) is 16.3 Å². The molecule has 0 aliphatic heterocycles. The molecule has 6 heteroatoms. The van der Waals surface area contributed by atoms with Crippen LogP contribution in [0.1, 0.15) is 24.2 Å². The van der Waals surface area contributed by atoms with Gasteiger partial charge in [0.25, 0.3) is 0 Å². The highest BCUT2D eigenvalue weighted by molar-refractivity contribution is 8.12. The number of hydrogen-bond donors (Lipinski definition) is 2. The second-order valence-electron chi connectivity index (χ2n) is 3.51. The Morgan fingerprint density at radius 2 is 2.06 bits per heavy atom. The van der Waals surface area contributed by atoms with Crippen molar-refractivity contribution in [2.75, 3.05) is 5.73 Å². The van der Waals surface area contributed by atoms with Crippen molar-refractivity contribution in [3.05, 3.63) is 27.7 Å². The molecule has 1 rings (SSSR count). The highest BCUT2D eigenvalue weighted by Gasteiger charge is 2.14. The molecule has 0 aromatic heterocycles. The summed E-state index contributed by atoms with van der Waals surface area (Å²) in [5.74, 6) is 0. The number of nitrogens with two attached hydrogens (primary N) is 1. The zero-order valence-corrected chi connectivity index (χ0v) is 11.2. The van der Waals surface area contributed by atoms with Crippen LogP contribution in [0.25, 0.3) is 0 Å². The van der Waals surface area contributed by atoms with E-state index in [0.717, 1.165) is 11.9 Å². The van der Waals surface area contributed by atoms with Gasteiger partial charge in [0.2, 0.25) is 5.12 Å². The Hall–Kier alpha value is -0.420. The van der Waals surface area contributed by atoms with Gasteiger partial charge in [-0.1, -0.05) is 23.2 Å². The summed E-state index contributed by atoms with van der Waals surface area (Å²) in [6.07, 6.45) is 0. The molecule has 0 atom stereocenters. The van der Waals surface area contributed by atoms with Crippen molar-refractivity contribution >= 4 is 46.0 Å². The van der Waals surface area contributed by atoms with E-state index in [1.54, 1.807) is 0 Å². The first-order valence-corrected chi connectivity index (χ1v) is 6.20. The second kappa shape index (κ2) is 5.77. The SMILES string of the molecule is CC(C)NSC(=O)c1cc(Cl)cc(Cl)c1N. The normalized spacial score (nSPS) is 10.8. The lowest BCUT2D eigenvalue weighted by molar-refractivity contribution is 0.108. The predicted octanol–water partition coefficient (Wildman–Crippen LogP) is 3.36. The van der Waals surface area contributed by atoms with Crippen LogP contribution in [-0.2, 0) is 0 Å². The molecule has 0 saturated carbocycles. The first kappa shape index (κ1) is 13.6. The molecule has 1 aromatic carbocycles. The van der Waals surface area contributed by atoms with Crippen molar-refractivity contribution < 1.29 is 4.79 Å². The zero-order valence-electron chi connectivity index (χ0n) is 8.88. The monoisotopic (exact) mass is 278 g/mol. The molecule has 0 bridgehead atoms. The van der Waals surface area contributed by atoms with E-state index in [4.69, 9.17) is 28.9 Å². The van der Waals surface area contributed by atoms with E-state index >= 15 is 0 Å². The van der Waals surface area contributed by atoms with Gasteiger partial charge in [-0.05, 0) is 37.9 Å². The Kier molecular flexibility index (Phi) is 4.92. The molecule has 0 amide bonds. The average molecular weight is 279 g/mol. The molecular formula is C10H12Cl2N2OS. The van der Waals surface area contributed by atoms with E-state index in [1.165, 1.54) is 12.1 Å². The Labute approximate surface area is 109 Å². The van der Waals surface area contributed by atoms with Crippen LogP contribution in [0.2, 0.25) is 10.0 Å². The van der Waals surface area contributed by atoms with Crippen LogP contribution in [0.4, 0.5) is 5.69 Å². The van der Waals surface area contributed by atoms with Crippen molar-refractivity contribution in [1.82, 2.24) is 4.72 Å². The van der Waals surface area contributed by atoms with Gasteiger partial charge in [-0.3, -0.25) is 9.52 Å². The summed E-state index contributed by atoms with van der Waals surface area (Å²) in [6.45, 7) is 3.88. The minimum atomic E-state index is -0.199. The summed E-state index contributed by atoms with van der Waals surface area (Å²) in [5.41, 5.74) is 6.29. The topological polar surface area (TPSA) is 55.1 Å². The van der Waals surface area contributed by atoms with Crippen LogP contribution >= 0.6 is 35.1 Å². The zero-order chi connectivity index (χ0) is 12.3. The van der Waals surface area contributed by atoms with E-state index in [-0.39, 0.29) is 16.8 Å². The largest absolute Gasteiger partial charge is 0.397 e. The second-order valence-corrected chi connectivity index (χ2v) is 5.17.